The molecule has 126 valence electrons. The van der Waals surface area contributed by atoms with Gasteiger partial charge in [-0.05, 0) is 32.2 Å². The van der Waals surface area contributed by atoms with Crippen LogP contribution in [0.15, 0.2) is 24.3 Å². The molecule has 2 N–H and O–H groups in total. The van der Waals surface area contributed by atoms with Gasteiger partial charge >= 0.3 is 6.18 Å². The normalized spacial score (nSPS) is 12.5. The van der Waals surface area contributed by atoms with Gasteiger partial charge in [0.2, 0.25) is 5.91 Å². The molecule has 1 unspecified atom stereocenters. The highest BCUT2D eigenvalue weighted by molar-refractivity contribution is 5.78. The van der Waals surface area contributed by atoms with Crippen LogP contribution in [0.3, 0.4) is 0 Å². The van der Waals surface area contributed by atoms with Crippen molar-refractivity contribution in [3.8, 4) is 11.8 Å². The molecular weight excluding hydrogens is 309 g/mol. The first-order valence-electron chi connectivity index (χ1n) is 6.98. The number of halogens is 3. The van der Waals surface area contributed by atoms with Crippen molar-refractivity contribution in [2.45, 2.75) is 19.1 Å². The van der Waals surface area contributed by atoms with Crippen molar-refractivity contribution in [2.75, 3.05) is 26.7 Å². The molecule has 0 radical (unpaired) electrons. The van der Waals surface area contributed by atoms with Crippen molar-refractivity contribution in [3.05, 3.63) is 35.4 Å². The number of benzene rings is 1. The molecule has 23 heavy (non-hydrogen) atoms. The van der Waals surface area contributed by atoms with Crippen LogP contribution < -0.4 is 5.32 Å². The van der Waals surface area contributed by atoms with Crippen LogP contribution in [0.5, 0.6) is 0 Å². The number of alkyl halides is 3. The highest BCUT2D eigenvalue weighted by atomic mass is 19.4. The highest BCUT2D eigenvalue weighted by Crippen LogP contribution is 2.29. The lowest BCUT2D eigenvalue weighted by atomic mass is 10.1. The number of aliphatic hydroxyl groups is 1. The van der Waals surface area contributed by atoms with Crippen LogP contribution in [0.2, 0.25) is 0 Å². The molecule has 7 heteroatoms. The van der Waals surface area contributed by atoms with E-state index in [1.54, 1.807) is 18.9 Å². The molecule has 0 aliphatic rings. The Morgan fingerprint density at radius 1 is 1.43 bits per heavy atom. The summed E-state index contributed by atoms with van der Waals surface area (Å²) in [6, 6.07) is 4.56. The van der Waals surface area contributed by atoms with E-state index in [9.17, 15) is 18.0 Å². The zero-order valence-corrected chi connectivity index (χ0v) is 12.9. The Hall–Kier alpha value is -2.04. The summed E-state index contributed by atoms with van der Waals surface area (Å²) in [4.78, 5) is 13.3. The summed E-state index contributed by atoms with van der Waals surface area (Å²) in [5, 5.41) is 11.5. The van der Waals surface area contributed by atoms with Gasteiger partial charge in [-0.3, -0.25) is 9.69 Å². The van der Waals surface area contributed by atoms with E-state index in [-0.39, 0.29) is 37.2 Å². The second-order valence-electron chi connectivity index (χ2n) is 5.10. The highest BCUT2D eigenvalue weighted by Gasteiger charge is 2.30. The zero-order valence-electron chi connectivity index (χ0n) is 12.9. The first kappa shape index (κ1) is 19.0. The van der Waals surface area contributed by atoms with E-state index in [1.807, 2.05) is 0 Å². The number of carbonyl (C=O) groups is 1. The van der Waals surface area contributed by atoms with Crippen LogP contribution in [0.25, 0.3) is 0 Å². The number of aliphatic hydroxyl groups excluding tert-OH is 1. The monoisotopic (exact) mass is 328 g/mol. The number of amides is 1. The number of carbonyl (C=O) groups excluding carboxylic acids is 1. The first-order valence-corrected chi connectivity index (χ1v) is 6.98. The zero-order chi connectivity index (χ0) is 17.5. The SMILES string of the molecule is CC(CO)N(C)CC(=O)NCC#Cc1cccc(C(F)(F)F)c1. The van der Waals surface area contributed by atoms with Crippen molar-refractivity contribution < 1.29 is 23.1 Å². The van der Waals surface area contributed by atoms with Gasteiger partial charge in [0.1, 0.15) is 0 Å². The van der Waals surface area contributed by atoms with E-state index in [2.05, 4.69) is 17.2 Å². The Balaban J connectivity index is 2.51. The molecule has 4 nitrogen and oxygen atoms in total. The largest absolute Gasteiger partial charge is 0.416 e. The van der Waals surface area contributed by atoms with E-state index in [0.29, 0.717) is 0 Å². The standard InChI is InChI=1S/C16H19F3N2O2/c1-12(11-22)21(2)10-15(23)20-8-4-6-13-5-3-7-14(9-13)16(17,18)19/h3,5,7,9,12,22H,8,10-11H2,1-2H3,(H,20,23). The van der Waals surface area contributed by atoms with Gasteiger partial charge in [-0.25, -0.2) is 0 Å². The first-order chi connectivity index (χ1) is 10.7. The molecule has 0 aliphatic heterocycles. The van der Waals surface area contributed by atoms with Crippen molar-refractivity contribution in [1.82, 2.24) is 10.2 Å². The lowest BCUT2D eigenvalue weighted by Crippen LogP contribution is -2.40. The molecular formula is C16H19F3N2O2. The minimum Gasteiger partial charge on any atom is -0.395 e. The Morgan fingerprint density at radius 2 is 2.13 bits per heavy atom. The fourth-order valence-corrected chi connectivity index (χ4v) is 1.64. The fraction of sp³-hybridized carbons (Fsp3) is 0.438. The molecule has 0 saturated heterocycles. The molecule has 1 aromatic carbocycles. The molecule has 1 rings (SSSR count). The number of hydrogen-bond donors (Lipinski definition) is 2. The lowest BCUT2D eigenvalue weighted by Gasteiger charge is -2.21. The summed E-state index contributed by atoms with van der Waals surface area (Å²) in [5.41, 5.74) is -0.520. The van der Waals surface area contributed by atoms with Gasteiger partial charge in [-0.1, -0.05) is 17.9 Å². The second-order valence-corrected chi connectivity index (χ2v) is 5.10. The molecule has 0 bridgehead atoms. The number of rotatable bonds is 5. The molecule has 0 saturated carbocycles. The Kier molecular flexibility index (Phi) is 7.07. The minimum absolute atomic E-state index is 0.0381. The van der Waals surface area contributed by atoms with Crippen LogP contribution in [-0.2, 0) is 11.0 Å². The van der Waals surface area contributed by atoms with Crippen molar-refractivity contribution in [3.63, 3.8) is 0 Å². The van der Waals surface area contributed by atoms with Gasteiger partial charge in [-0.2, -0.15) is 13.2 Å². The molecule has 0 aromatic heterocycles. The van der Waals surface area contributed by atoms with Crippen LogP contribution in [0, 0.1) is 11.8 Å². The Bertz CT molecular complexity index is 591. The third-order valence-corrected chi connectivity index (χ3v) is 3.21. The average Bonchev–Trinajstić information content (AvgIpc) is 2.50. The molecule has 0 spiro atoms. The van der Waals surface area contributed by atoms with Crippen LogP contribution in [-0.4, -0.2) is 48.7 Å². The van der Waals surface area contributed by atoms with Crippen LogP contribution in [0.1, 0.15) is 18.1 Å². The van der Waals surface area contributed by atoms with Gasteiger partial charge in [-0.15, -0.1) is 0 Å². The van der Waals surface area contributed by atoms with E-state index in [4.69, 9.17) is 5.11 Å². The quantitative estimate of drug-likeness (QED) is 0.805. The van der Waals surface area contributed by atoms with E-state index in [0.717, 1.165) is 12.1 Å². The van der Waals surface area contributed by atoms with Crippen LogP contribution in [0.4, 0.5) is 13.2 Å². The Morgan fingerprint density at radius 3 is 2.74 bits per heavy atom. The average molecular weight is 328 g/mol. The Labute approximate surface area is 133 Å². The van der Waals surface area contributed by atoms with E-state index < -0.39 is 11.7 Å². The summed E-state index contributed by atoms with van der Waals surface area (Å²) in [7, 11) is 1.70. The number of hydrogen-bond acceptors (Lipinski definition) is 3. The molecule has 1 atom stereocenters. The smallest absolute Gasteiger partial charge is 0.395 e. The topological polar surface area (TPSA) is 52.6 Å². The second kappa shape index (κ2) is 8.56. The van der Waals surface area contributed by atoms with Crippen molar-refractivity contribution >= 4 is 5.91 Å². The molecule has 1 aromatic rings. The third kappa shape index (κ3) is 6.72. The molecule has 1 amide bonds. The maximum atomic E-state index is 12.6. The van der Waals surface area contributed by atoms with Gasteiger partial charge in [0, 0.05) is 11.6 Å². The van der Waals surface area contributed by atoms with E-state index in [1.165, 1.54) is 12.1 Å². The summed E-state index contributed by atoms with van der Waals surface area (Å²) in [6.45, 7) is 1.86. The minimum atomic E-state index is -4.40. The van der Waals surface area contributed by atoms with Crippen molar-refractivity contribution in [1.29, 1.82) is 0 Å². The van der Waals surface area contributed by atoms with Crippen LogP contribution >= 0.6 is 0 Å². The van der Waals surface area contributed by atoms with Crippen molar-refractivity contribution in [2.24, 2.45) is 0 Å². The molecule has 0 aliphatic carbocycles. The van der Waals surface area contributed by atoms with Gasteiger partial charge < -0.3 is 10.4 Å². The predicted octanol–water partition coefficient (Wildman–Crippen LogP) is 1.49. The summed E-state index contributed by atoms with van der Waals surface area (Å²) >= 11 is 0. The number of likely N-dealkylation sites (N-methyl/N-ethyl adjacent to an activating group) is 1. The van der Waals surface area contributed by atoms with Gasteiger partial charge in [0.15, 0.2) is 0 Å². The fourth-order valence-electron chi connectivity index (χ4n) is 1.64. The lowest BCUT2D eigenvalue weighted by molar-refractivity contribution is -0.137. The summed E-state index contributed by atoms with van der Waals surface area (Å²) in [6.07, 6.45) is -4.40. The summed E-state index contributed by atoms with van der Waals surface area (Å²) < 4.78 is 37.7. The number of nitrogens with one attached hydrogen (secondary N) is 1. The van der Waals surface area contributed by atoms with Gasteiger partial charge in [0.05, 0.1) is 25.3 Å². The molecule has 0 heterocycles. The summed E-state index contributed by atoms with van der Waals surface area (Å²) in [5.74, 6) is 4.92. The third-order valence-electron chi connectivity index (χ3n) is 3.21. The van der Waals surface area contributed by atoms with Gasteiger partial charge in [0.25, 0.3) is 0 Å². The predicted molar refractivity (Wildman–Crippen MR) is 80.5 cm³/mol. The maximum Gasteiger partial charge on any atom is 0.416 e. The van der Waals surface area contributed by atoms with E-state index >= 15 is 0 Å². The maximum absolute atomic E-state index is 12.6. The molecule has 0 fully saturated rings. The number of nitrogens with zero attached hydrogens (tertiary/aromatic N) is 1.